The second kappa shape index (κ2) is 6.44. The molecule has 2 heterocycles. The fourth-order valence-electron chi connectivity index (χ4n) is 3.31. The monoisotopic (exact) mass is 322 g/mol. The first kappa shape index (κ1) is 17.1. The van der Waals surface area contributed by atoms with Crippen molar-refractivity contribution in [2.45, 2.75) is 50.9 Å². The summed E-state index contributed by atoms with van der Waals surface area (Å²) in [7, 11) is 0. The van der Waals surface area contributed by atoms with Crippen molar-refractivity contribution in [1.29, 1.82) is 0 Å². The number of piperidine rings is 1. The number of carbonyl (C=O) groups is 2. The topological polar surface area (TPSA) is 60.9 Å². The first-order valence-electron chi connectivity index (χ1n) is 7.52. The van der Waals surface area contributed by atoms with Crippen LogP contribution >= 0.6 is 0 Å². The van der Waals surface area contributed by atoms with Gasteiger partial charge in [0.25, 0.3) is 0 Å². The van der Waals surface area contributed by atoms with Gasteiger partial charge in [-0.2, -0.15) is 13.2 Å². The maximum absolute atomic E-state index is 12.5. The zero-order valence-electron chi connectivity index (χ0n) is 12.5. The minimum atomic E-state index is -4.62. The predicted octanol–water partition coefficient (Wildman–Crippen LogP) is 1.16. The van der Waals surface area contributed by atoms with Crippen molar-refractivity contribution in [2.75, 3.05) is 19.6 Å². The molecule has 2 rings (SSSR count). The highest BCUT2D eigenvalue weighted by molar-refractivity contribution is 5.87. The maximum atomic E-state index is 12.5. The number of amides is 2. The van der Waals surface area contributed by atoms with E-state index in [1.54, 1.807) is 0 Å². The molecule has 22 heavy (non-hydrogen) atoms. The standard InChI is InChI=1S/C14H21F3N2O3/c1-9(20)19-6-2-3-11(19)13(22)18-7-4-10(5-8-18)12(21)14(15,16)17/h10-12,21H,2-8H2,1H3/t11-,12?/m0/s1. The van der Waals surface area contributed by atoms with Gasteiger partial charge in [-0.3, -0.25) is 9.59 Å². The lowest BCUT2D eigenvalue weighted by molar-refractivity contribution is -0.223. The molecule has 8 heteroatoms. The van der Waals surface area contributed by atoms with Crippen LogP contribution in [0.15, 0.2) is 0 Å². The van der Waals surface area contributed by atoms with Gasteiger partial charge in [0.1, 0.15) is 6.04 Å². The summed E-state index contributed by atoms with van der Waals surface area (Å²) in [5.41, 5.74) is 0. The van der Waals surface area contributed by atoms with Gasteiger partial charge >= 0.3 is 6.18 Å². The Morgan fingerprint density at radius 3 is 2.23 bits per heavy atom. The molecule has 0 spiro atoms. The molecule has 2 atom stereocenters. The van der Waals surface area contributed by atoms with Crippen LogP contribution in [-0.2, 0) is 9.59 Å². The number of carbonyl (C=O) groups excluding carboxylic acids is 2. The summed E-state index contributed by atoms with van der Waals surface area (Å²) in [4.78, 5) is 27.0. The fraction of sp³-hybridized carbons (Fsp3) is 0.857. The van der Waals surface area contributed by atoms with E-state index >= 15 is 0 Å². The summed E-state index contributed by atoms with van der Waals surface area (Å²) in [6.07, 6.45) is -5.33. The quantitative estimate of drug-likeness (QED) is 0.830. The third kappa shape index (κ3) is 3.53. The minimum absolute atomic E-state index is 0.124. The third-order valence-electron chi connectivity index (χ3n) is 4.58. The molecule has 2 amide bonds. The van der Waals surface area contributed by atoms with E-state index in [9.17, 15) is 27.9 Å². The Morgan fingerprint density at radius 2 is 1.73 bits per heavy atom. The largest absolute Gasteiger partial charge is 0.414 e. The number of hydrogen-bond acceptors (Lipinski definition) is 3. The van der Waals surface area contributed by atoms with E-state index in [0.717, 1.165) is 6.42 Å². The van der Waals surface area contributed by atoms with E-state index in [2.05, 4.69) is 0 Å². The molecule has 1 unspecified atom stereocenters. The van der Waals surface area contributed by atoms with Crippen molar-refractivity contribution in [2.24, 2.45) is 5.92 Å². The Morgan fingerprint density at radius 1 is 1.14 bits per heavy atom. The lowest BCUT2D eigenvalue weighted by Gasteiger charge is -2.37. The summed E-state index contributed by atoms with van der Waals surface area (Å²) < 4.78 is 37.5. The van der Waals surface area contributed by atoms with E-state index in [-0.39, 0.29) is 37.7 Å². The van der Waals surface area contributed by atoms with Crippen LogP contribution in [0.25, 0.3) is 0 Å². The summed E-state index contributed by atoms with van der Waals surface area (Å²) in [6.45, 7) is 2.35. The maximum Gasteiger partial charge on any atom is 0.414 e. The molecule has 0 aromatic rings. The van der Waals surface area contributed by atoms with Gasteiger partial charge in [-0.05, 0) is 31.6 Å². The molecule has 0 aromatic carbocycles. The number of halogens is 3. The van der Waals surface area contributed by atoms with E-state index < -0.39 is 24.2 Å². The van der Waals surface area contributed by atoms with E-state index in [4.69, 9.17) is 0 Å². The van der Waals surface area contributed by atoms with E-state index in [0.29, 0.717) is 13.0 Å². The van der Waals surface area contributed by atoms with Crippen molar-refractivity contribution in [1.82, 2.24) is 9.80 Å². The van der Waals surface area contributed by atoms with Gasteiger partial charge in [0.2, 0.25) is 11.8 Å². The van der Waals surface area contributed by atoms with Crippen LogP contribution in [0.2, 0.25) is 0 Å². The van der Waals surface area contributed by atoms with Crippen molar-refractivity contribution < 1.29 is 27.9 Å². The summed E-state index contributed by atoms with van der Waals surface area (Å²) in [6, 6.07) is -0.485. The number of aliphatic hydroxyl groups is 1. The molecule has 2 saturated heterocycles. The molecule has 5 nitrogen and oxygen atoms in total. The van der Waals surface area contributed by atoms with Crippen molar-refractivity contribution in [3.05, 3.63) is 0 Å². The minimum Gasteiger partial charge on any atom is -0.383 e. The van der Waals surface area contributed by atoms with Gasteiger partial charge in [0.05, 0.1) is 0 Å². The van der Waals surface area contributed by atoms with Crippen LogP contribution < -0.4 is 0 Å². The second-order valence-electron chi connectivity index (χ2n) is 6.02. The number of nitrogens with zero attached hydrogens (tertiary/aromatic N) is 2. The molecule has 2 fully saturated rings. The van der Waals surface area contributed by atoms with Crippen molar-refractivity contribution >= 4 is 11.8 Å². The van der Waals surface area contributed by atoms with Crippen LogP contribution in [0.3, 0.4) is 0 Å². The highest BCUT2D eigenvalue weighted by atomic mass is 19.4. The smallest absolute Gasteiger partial charge is 0.383 e. The Labute approximate surface area is 127 Å². The highest BCUT2D eigenvalue weighted by Crippen LogP contribution is 2.32. The molecular formula is C14H21F3N2O3. The van der Waals surface area contributed by atoms with Crippen LogP contribution in [0.1, 0.15) is 32.6 Å². The number of likely N-dealkylation sites (tertiary alicyclic amines) is 2. The zero-order valence-corrected chi connectivity index (χ0v) is 12.5. The number of alkyl halides is 3. The molecule has 0 bridgehead atoms. The van der Waals surface area contributed by atoms with Crippen LogP contribution in [0.5, 0.6) is 0 Å². The second-order valence-corrected chi connectivity index (χ2v) is 6.02. The Kier molecular flexibility index (Phi) is 4.99. The molecular weight excluding hydrogens is 301 g/mol. The molecule has 0 radical (unpaired) electrons. The molecule has 0 saturated carbocycles. The third-order valence-corrected chi connectivity index (χ3v) is 4.58. The number of hydrogen-bond donors (Lipinski definition) is 1. The first-order valence-corrected chi connectivity index (χ1v) is 7.52. The summed E-state index contributed by atoms with van der Waals surface area (Å²) >= 11 is 0. The normalized spacial score (nSPS) is 25.4. The average Bonchev–Trinajstić information content (AvgIpc) is 2.94. The van der Waals surface area contributed by atoms with Gasteiger partial charge in [-0.25, -0.2) is 0 Å². The van der Waals surface area contributed by atoms with Gasteiger partial charge in [0, 0.05) is 26.6 Å². The van der Waals surface area contributed by atoms with Gasteiger partial charge in [0.15, 0.2) is 6.10 Å². The molecule has 2 aliphatic rings. The lowest BCUT2D eigenvalue weighted by atomic mass is 9.90. The summed E-state index contributed by atoms with van der Waals surface area (Å²) in [5.74, 6) is -1.21. The SMILES string of the molecule is CC(=O)N1CCC[C@H]1C(=O)N1CCC(C(O)C(F)(F)F)CC1. The van der Waals surface area contributed by atoms with Crippen LogP contribution in [0, 0.1) is 5.92 Å². The van der Waals surface area contributed by atoms with Crippen molar-refractivity contribution in [3.8, 4) is 0 Å². The molecule has 2 aliphatic heterocycles. The van der Waals surface area contributed by atoms with Crippen molar-refractivity contribution in [3.63, 3.8) is 0 Å². The summed E-state index contributed by atoms with van der Waals surface area (Å²) in [5, 5.41) is 9.28. The van der Waals surface area contributed by atoms with E-state index in [1.165, 1.54) is 16.7 Å². The van der Waals surface area contributed by atoms with E-state index in [1.807, 2.05) is 0 Å². The van der Waals surface area contributed by atoms with Gasteiger partial charge in [-0.15, -0.1) is 0 Å². The molecule has 0 aliphatic carbocycles. The number of aliphatic hydroxyl groups excluding tert-OH is 1. The zero-order chi connectivity index (χ0) is 16.5. The van der Waals surface area contributed by atoms with Gasteiger partial charge in [-0.1, -0.05) is 0 Å². The lowest BCUT2D eigenvalue weighted by Crippen LogP contribution is -2.51. The number of rotatable bonds is 2. The Bertz CT molecular complexity index is 434. The Balaban J connectivity index is 1.91. The van der Waals surface area contributed by atoms with Crippen LogP contribution in [0.4, 0.5) is 13.2 Å². The molecule has 0 aromatic heterocycles. The van der Waals surface area contributed by atoms with Gasteiger partial charge < -0.3 is 14.9 Å². The fourth-order valence-corrected chi connectivity index (χ4v) is 3.31. The molecule has 126 valence electrons. The first-order chi connectivity index (χ1) is 10.2. The van der Waals surface area contributed by atoms with Crippen LogP contribution in [-0.4, -0.2) is 64.7 Å². The predicted molar refractivity (Wildman–Crippen MR) is 71.8 cm³/mol. The average molecular weight is 322 g/mol. The molecule has 1 N–H and O–H groups in total. The Hall–Kier alpha value is -1.31. The highest BCUT2D eigenvalue weighted by Gasteiger charge is 2.45.